The van der Waals surface area contributed by atoms with E-state index in [1.807, 2.05) is 24.4 Å². The predicted octanol–water partition coefficient (Wildman–Crippen LogP) is 4.61. The van der Waals surface area contributed by atoms with Crippen molar-refractivity contribution in [3.8, 4) is 5.75 Å². The van der Waals surface area contributed by atoms with Crippen LogP contribution < -0.4 is 4.74 Å². The minimum absolute atomic E-state index is 0.784. The van der Waals surface area contributed by atoms with Gasteiger partial charge in [0.1, 0.15) is 11.6 Å². The van der Waals surface area contributed by atoms with Gasteiger partial charge in [0, 0.05) is 41.8 Å². The van der Waals surface area contributed by atoms with Gasteiger partial charge in [-0.2, -0.15) is 0 Å². The Labute approximate surface area is 174 Å². The fourth-order valence-corrected chi connectivity index (χ4v) is 3.89. The third kappa shape index (κ3) is 3.76. The lowest BCUT2D eigenvalue weighted by molar-refractivity contribution is 0.415. The normalized spacial score (nSPS) is 11.4. The Morgan fingerprint density at radius 2 is 1.90 bits per heavy atom. The second-order valence-corrected chi connectivity index (χ2v) is 7.47. The summed E-state index contributed by atoms with van der Waals surface area (Å²) in [7, 11) is 1.70. The van der Waals surface area contributed by atoms with Crippen LogP contribution in [-0.4, -0.2) is 32.0 Å². The molecule has 0 saturated heterocycles. The van der Waals surface area contributed by atoms with Crippen molar-refractivity contribution in [2.75, 3.05) is 7.11 Å². The number of fused-ring (bicyclic) bond motifs is 2. The monoisotopic (exact) mass is 397 g/mol. The van der Waals surface area contributed by atoms with Crippen LogP contribution in [-0.2, 0) is 19.3 Å². The van der Waals surface area contributed by atoms with E-state index in [1.165, 1.54) is 16.5 Å². The number of hydrogen-bond acceptors (Lipinski definition) is 4. The number of ether oxygens (including phenoxy) is 1. The number of aromatic amines is 2. The van der Waals surface area contributed by atoms with E-state index >= 15 is 0 Å². The van der Waals surface area contributed by atoms with Gasteiger partial charge in [0.15, 0.2) is 0 Å². The van der Waals surface area contributed by atoms with Crippen LogP contribution in [0, 0.1) is 0 Å². The van der Waals surface area contributed by atoms with Gasteiger partial charge in [-0.1, -0.05) is 6.07 Å². The molecule has 0 aliphatic heterocycles. The molecule has 0 saturated carbocycles. The molecule has 0 bridgehead atoms. The first-order valence-corrected chi connectivity index (χ1v) is 10.2. The Balaban J connectivity index is 1.25. The first-order chi connectivity index (χ1) is 14.8. The highest BCUT2D eigenvalue weighted by Gasteiger charge is 2.07. The highest BCUT2D eigenvalue weighted by molar-refractivity contribution is 5.84. The lowest BCUT2D eigenvalue weighted by atomic mass is 10.1. The molecule has 5 aromatic rings. The number of aromatic nitrogens is 5. The first kappa shape index (κ1) is 18.4. The molecule has 0 fully saturated rings. The summed E-state index contributed by atoms with van der Waals surface area (Å²) in [6, 6.07) is 14.4. The molecule has 0 amide bonds. The lowest BCUT2D eigenvalue weighted by Gasteiger charge is -2.05. The molecule has 6 heteroatoms. The molecule has 2 N–H and O–H groups in total. The predicted molar refractivity (Wildman–Crippen MR) is 118 cm³/mol. The molecule has 0 aliphatic rings. The van der Waals surface area contributed by atoms with E-state index in [4.69, 9.17) is 9.72 Å². The fourth-order valence-electron chi connectivity index (χ4n) is 3.89. The van der Waals surface area contributed by atoms with Crippen molar-refractivity contribution < 1.29 is 4.74 Å². The van der Waals surface area contributed by atoms with E-state index < -0.39 is 0 Å². The van der Waals surface area contributed by atoms with Crippen LogP contribution in [0.5, 0.6) is 5.75 Å². The van der Waals surface area contributed by atoms with E-state index in [0.717, 1.165) is 59.5 Å². The van der Waals surface area contributed by atoms with Gasteiger partial charge in [-0.25, -0.2) is 15.0 Å². The number of methoxy groups -OCH3 is 1. The van der Waals surface area contributed by atoms with Crippen LogP contribution in [0.25, 0.3) is 21.9 Å². The Kier molecular flexibility index (Phi) is 4.89. The first-order valence-electron chi connectivity index (χ1n) is 10.2. The Morgan fingerprint density at radius 1 is 0.933 bits per heavy atom. The number of aryl methyl sites for hydroxylation is 2. The van der Waals surface area contributed by atoms with Gasteiger partial charge in [-0.15, -0.1) is 0 Å². The Bertz CT molecular complexity index is 1300. The van der Waals surface area contributed by atoms with E-state index in [0.29, 0.717) is 0 Å². The summed E-state index contributed by atoms with van der Waals surface area (Å²) in [6.45, 7) is 0. The molecule has 0 atom stereocenters. The van der Waals surface area contributed by atoms with Gasteiger partial charge in [-0.05, 0) is 60.4 Å². The van der Waals surface area contributed by atoms with E-state index in [9.17, 15) is 0 Å². The van der Waals surface area contributed by atoms with Crippen LogP contribution in [0.3, 0.4) is 0 Å². The zero-order valence-electron chi connectivity index (χ0n) is 16.9. The molecule has 5 rings (SSSR count). The van der Waals surface area contributed by atoms with Crippen LogP contribution in [0.15, 0.2) is 61.2 Å². The van der Waals surface area contributed by atoms with Crippen LogP contribution in [0.4, 0.5) is 0 Å². The number of imidazole rings is 1. The second kappa shape index (κ2) is 7.99. The molecule has 3 heterocycles. The molecule has 0 spiro atoms. The highest BCUT2D eigenvalue weighted by Crippen LogP contribution is 2.24. The summed E-state index contributed by atoms with van der Waals surface area (Å²) in [5.74, 6) is 1.78. The number of nitrogens with one attached hydrogen (secondary N) is 2. The second-order valence-electron chi connectivity index (χ2n) is 7.47. The molecular formula is C24H23N5O. The quantitative estimate of drug-likeness (QED) is 0.420. The summed E-state index contributed by atoms with van der Waals surface area (Å²) in [4.78, 5) is 20.0. The van der Waals surface area contributed by atoms with Crippen molar-refractivity contribution >= 4 is 21.9 Å². The summed E-state index contributed by atoms with van der Waals surface area (Å²) < 4.78 is 5.36. The molecule has 0 radical (unpaired) electrons. The highest BCUT2D eigenvalue weighted by atomic mass is 16.5. The fraction of sp³-hybridized carbons (Fsp3) is 0.208. The van der Waals surface area contributed by atoms with E-state index in [2.05, 4.69) is 50.4 Å². The number of nitrogens with zero attached hydrogens (tertiary/aromatic N) is 3. The lowest BCUT2D eigenvalue weighted by Crippen LogP contribution is -2.01. The topological polar surface area (TPSA) is 79.5 Å². The zero-order chi connectivity index (χ0) is 20.3. The molecule has 0 unspecified atom stereocenters. The van der Waals surface area contributed by atoms with Crippen molar-refractivity contribution in [3.63, 3.8) is 0 Å². The zero-order valence-corrected chi connectivity index (χ0v) is 16.9. The Morgan fingerprint density at radius 3 is 2.83 bits per heavy atom. The Hall–Kier alpha value is -3.67. The van der Waals surface area contributed by atoms with E-state index in [1.54, 1.807) is 13.4 Å². The molecule has 2 aromatic carbocycles. The van der Waals surface area contributed by atoms with Crippen LogP contribution in [0.1, 0.15) is 29.1 Å². The minimum Gasteiger partial charge on any atom is -0.497 e. The molecule has 30 heavy (non-hydrogen) atoms. The van der Waals surface area contributed by atoms with Gasteiger partial charge in [0.2, 0.25) is 0 Å². The summed E-state index contributed by atoms with van der Waals surface area (Å²) in [5.41, 5.74) is 6.72. The number of benzene rings is 2. The van der Waals surface area contributed by atoms with Gasteiger partial charge in [0.05, 0.1) is 24.5 Å². The molecule has 150 valence electrons. The van der Waals surface area contributed by atoms with Gasteiger partial charge in [0.25, 0.3) is 0 Å². The SMILES string of the molecule is COc1ccc2[nH]cc(CCCc3nccc(Cc4ccc5nc[nH]c5c4)n3)c2c1. The largest absolute Gasteiger partial charge is 0.497 e. The molecule has 3 aromatic heterocycles. The smallest absolute Gasteiger partial charge is 0.128 e. The number of hydrogen-bond donors (Lipinski definition) is 2. The summed E-state index contributed by atoms with van der Waals surface area (Å²) in [5, 5.41) is 1.22. The van der Waals surface area contributed by atoms with E-state index in [-0.39, 0.29) is 0 Å². The third-order valence-electron chi connectivity index (χ3n) is 5.45. The van der Waals surface area contributed by atoms with Crippen LogP contribution >= 0.6 is 0 Å². The third-order valence-corrected chi connectivity index (χ3v) is 5.45. The average Bonchev–Trinajstić information content (AvgIpc) is 3.40. The average molecular weight is 397 g/mol. The van der Waals surface area contributed by atoms with Gasteiger partial charge in [-0.3, -0.25) is 0 Å². The molecule has 0 aliphatic carbocycles. The van der Waals surface area contributed by atoms with Gasteiger partial charge < -0.3 is 14.7 Å². The maximum Gasteiger partial charge on any atom is 0.128 e. The minimum atomic E-state index is 0.784. The van der Waals surface area contributed by atoms with Crippen molar-refractivity contribution in [2.24, 2.45) is 0 Å². The van der Waals surface area contributed by atoms with Crippen molar-refractivity contribution in [1.82, 2.24) is 24.9 Å². The van der Waals surface area contributed by atoms with Crippen molar-refractivity contribution in [1.29, 1.82) is 0 Å². The van der Waals surface area contributed by atoms with Gasteiger partial charge >= 0.3 is 0 Å². The number of rotatable bonds is 7. The molecule has 6 nitrogen and oxygen atoms in total. The van der Waals surface area contributed by atoms with Crippen molar-refractivity contribution in [3.05, 3.63) is 83.8 Å². The maximum absolute atomic E-state index is 5.36. The van der Waals surface area contributed by atoms with Crippen LogP contribution in [0.2, 0.25) is 0 Å². The number of H-pyrrole nitrogens is 2. The van der Waals surface area contributed by atoms with Crippen molar-refractivity contribution in [2.45, 2.75) is 25.7 Å². The summed E-state index contributed by atoms with van der Waals surface area (Å²) in [6.07, 6.45) is 9.28. The molecular weight excluding hydrogens is 374 g/mol. The maximum atomic E-state index is 5.36. The summed E-state index contributed by atoms with van der Waals surface area (Å²) >= 11 is 0. The standard InChI is InChI=1S/C24H23N5O/c1-30-19-6-8-21-20(13-19)17(14-26-21)3-2-4-24-25-10-9-18(29-24)11-16-5-7-22-23(12-16)28-15-27-22/h5-10,12-15,26H,2-4,11H2,1H3,(H,27,28).